The minimum absolute atomic E-state index is 0.0288. The van der Waals surface area contributed by atoms with E-state index in [9.17, 15) is 18.6 Å². The first kappa shape index (κ1) is 15.4. The highest BCUT2D eigenvalue weighted by Crippen LogP contribution is 2.50. The Morgan fingerprint density at radius 3 is 2.58 bits per heavy atom. The quantitative estimate of drug-likeness (QED) is 0.779. The fourth-order valence-electron chi connectivity index (χ4n) is 3.60. The lowest BCUT2D eigenvalue weighted by Crippen LogP contribution is -2.43. The van der Waals surface area contributed by atoms with E-state index >= 15 is 0 Å². The number of rotatable bonds is 3. The number of hydrogen-bond donors (Lipinski definition) is 3. The number of sulfonamides is 1. The second kappa shape index (κ2) is 5.47. The number of aromatic hydroxyl groups is 1. The molecule has 0 saturated heterocycles. The maximum absolute atomic E-state index is 12.6. The molecule has 1 aliphatic heterocycles. The molecule has 0 unspecified atom stereocenters. The number of aliphatic hydroxyl groups is 1. The molecule has 2 aromatic carbocycles. The first-order valence-corrected chi connectivity index (χ1v) is 9.19. The van der Waals surface area contributed by atoms with E-state index in [1.165, 1.54) is 18.2 Å². The fourth-order valence-corrected chi connectivity index (χ4v) is 4.91. The van der Waals surface area contributed by atoms with Gasteiger partial charge < -0.3 is 14.9 Å². The number of phenolic OH excluding ortho intramolecular Hbond substituents is 1. The highest BCUT2D eigenvalue weighted by atomic mass is 32.2. The van der Waals surface area contributed by atoms with E-state index in [2.05, 4.69) is 4.72 Å². The van der Waals surface area contributed by atoms with Crippen LogP contribution in [0.3, 0.4) is 0 Å². The molecule has 3 N–H and O–H groups in total. The monoisotopic (exact) mass is 347 g/mol. The third kappa shape index (κ3) is 2.36. The van der Waals surface area contributed by atoms with Crippen LogP contribution in [0.15, 0.2) is 53.4 Å². The lowest BCUT2D eigenvalue weighted by atomic mass is 9.94. The molecule has 1 fully saturated rings. The van der Waals surface area contributed by atoms with Gasteiger partial charge in [0.15, 0.2) is 11.5 Å². The van der Waals surface area contributed by atoms with E-state index in [4.69, 9.17) is 4.74 Å². The van der Waals surface area contributed by atoms with Gasteiger partial charge in [0.1, 0.15) is 6.10 Å². The van der Waals surface area contributed by atoms with Crippen molar-refractivity contribution in [1.29, 1.82) is 0 Å². The molecule has 24 heavy (non-hydrogen) atoms. The van der Waals surface area contributed by atoms with Crippen molar-refractivity contribution in [3.63, 3.8) is 0 Å². The molecule has 4 rings (SSSR count). The van der Waals surface area contributed by atoms with Gasteiger partial charge in [-0.25, -0.2) is 13.1 Å². The Morgan fingerprint density at radius 1 is 1.08 bits per heavy atom. The summed E-state index contributed by atoms with van der Waals surface area (Å²) in [6.07, 6.45) is -0.901. The van der Waals surface area contributed by atoms with Crippen LogP contribution in [0, 0.1) is 0 Å². The smallest absolute Gasteiger partial charge is 0.240 e. The van der Waals surface area contributed by atoms with Crippen LogP contribution < -0.4 is 9.46 Å². The highest BCUT2D eigenvalue weighted by molar-refractivity contribution is 7.89. The maximum atomic E-state index is 12.6. The predicted molar refractivity (Wildman–Crippen MR) is 86.4 cm³/mol. The second-order valence-electron chi connectivity index (χ2n) is 6.14. The molecule has 1 aliphatic carbocycles. The summed E-state index contributed by atoms with van der Waals surface area (Å²) in [5, 5.41) is 20.3. The normalized spacial score (nSPS) is 28.2. The Labute approximate surface area is 139 Å². The zero-order chi connectivity index (χ0) is 16.9. The maximum Gasteiger partial charge on any atom is 0.240 e. The van der Waals surface area contributed by atoms with Crippen molar-refractivity contribution in [2.24, 2.45) is 0 Å². The third-order valence-electron chi connectivity index (χ3n) is 4.67. The zero-order valence-electron chi connectivity index (χ0n) is 12.7. The van der Waals surface area contributed by atoms with E-state index in [1.54, 1.807) is 30.3 Å². The molecule has 2 aromatic rings. The van der Waals surface area contributed by atoms with Gasteiger partial charge in [-0.05, 0) is 18.2 Å². The van der Waals surface area contributed by atoms with Crippen LogP contribution in [-0.2, 0) is 10.0 Å². The Morgan fingerprint density at radius 2 is 1.83 bits per heavy atom. The Hall–Kier alpha value is -2.09. The van der Waals surface area contributed by atoms with E-state index < -0.39 is 22.2 Å². The second-order valence-corrected chi connectivity index (χ2v) is 7.85. The van der Waals surface area contributed by atoms with Crippen LogP contribution in [0.4, 0.5) is 0 Å². The molecular weight excluding hydrogens is 330 g/mol. The largest absolute Gasteiger partial charge is 0.504 e. The van der Waals surface area contributed by atoms with E-state index in [0.717, 1.165) is 5.56 Å². The summed E-state index contributed by atoms with van der Waals surface area (Å²) in [7, 11) is -3.76. The number of hydrogen-bond acceptors (Lipinski definition) is 5. The van der Waals surface area contributed by atoms with E-state index in [1.807, 2.05) is 0 Å². The fraction of sp³-hybridized carbons (Fsp3) is 0.294. The van der Waals surface area contributed by atoms with Gasteiger partial charge in [0.2, 0.25) is 10.0 Å². The Kier molecular flexibility index (Phi) is 3.52. The molecule has 0 aromatic heterocycles. The van der Waals surface area contributed by atoms with Crippen molar-refractivity contribution in [3.05, 3.63) is 54.1 Å². The molecule has 0 spiro atoms. The van der Waals surface area contributed by atoms with Gasteiger partial charge >= 0.3 is 0 Å². The van der Waals surface area contributed by atoms with Crippen LogP contribution >= 0.6 is 0 Å². The molecule has 4 atom stereocenters. The van der Waals surface area contributed by atoms with Crippen molar-refractivity contribution in [1.82, 2.24) is 4.72 Å². The van der Waals surface area contributed by atoms with Crippen LogP contribution in [0.2, 0.25) is 0 Å². The summed E-state index contributed by atoms with van der Waals surface area (Å²) < 4.78 is 33.5. The average molecular weight is 347 g/mol. The summed E-state index contributed by atoms with van der Waals surface area (Å²) in [5.74, 6) is 0.0740. The molecule has 1 heterocycles. The summed E-state index contributed by atoms with van der Waals surface area (Å²) in [6.45, 7) is 0. The van der Waals surface area contributed by atoms with Crippen LogP contribution in [0.25, 0.3) is 0 Å². The number of fused-ring (bicyclic) bond motifs is 3. The SMILES string of the molecule is O=S(=O)(N[C@@H]1[C@H]2c3cccc(O)c3O[C@H]2C[C@H]1O)c1ccccc1. The molecule has 1 saturated carbocycles. The molecule has 0 amide bonds. The summed E-state index contributed by atoms with van der Waals surface area (Å²) >= 11 is 0. The van der Waals surface area contributed by atoms with Gasteiger partial charge in [0.25, 0.3) is 0 Å². The van der Waals surface area contributed by atoms with Gasteiger partial charge in [-0.2, -0.15) is 0 Å². The van der Waals surface area contributed by atoms with Gasteiger partial charge in [-0.15, -0.1) is 0 Å². The summed E-state index contributed by atoms with van der Waals surface area (Å²) in [5.41, 5.74) is 0.720. The lowest BCUT2D eigenvalue weighted by molar-refractivity contribution is 0.139. The number of phenols is 1. The predicted octanol–water partition coefficient (Wildman–Crippen LogP) is 1.35. The van der Waals surface area contributed by atoms with Crippen molar-refractivity contribution in [2.45, 2.75) is 35.5 Å². The number of benzene rings is 2. The summed E-state index contributed by atoms with van der Waals surface area (Å²) in [6, 6.07) is 12.3. The molecule has 2 aliphatic rings. The van der Waals surface area contributed by atoms with Crippen LogP contribution in [0.1, 0.15) is 17.9 Å². The number of para-hydroxylation sites is 1. The van der Waals surface area contributed by atoms with Crippen LogP contribution in [-0.4, -0.2) is 36.9 Å². The zero-order valence-corrected chi connectivity index (χ0v) is 13.5. The molecule has 126 valence electrons. The number of nitrogens with one attached hydrogen (secondary N) is 1. The number of ether oxygens (including phenoxy) is 1. The standard InChI is InChI=1S/C17H17NO5S/c19-12-8-4-7-11-15-14(23-17(11)12)9-13(20)16(15)18-24(21,22)10-5-2-1-3-6-10/h1-8,13-16,18-20H,9H2/t13-,14+,15+,16+/m1/s1. The van der Waals surface area contributed by atoms with E-state index in [0.29, 0.717) is 12.2 Å². The average Bonchev–Trinajstić information content (AvgIpc) is 3.06. The van der Waals surface area contributed by atoms with E-state index in [-0.39, 0.29) is 22.7 Å². The van der Waals surface area contributed by atoms with Gasteiger partial charge in [0.05, 0.1) is 17.0 Å². The molecule has 0 bridgehead atoms. The topological polar surface area (TPSA) is 95.9 Å². The Bertz CT molecular complexity index is 868. The van der Waals surface area contributed by atoms with Crippen molar-refractivity contribution >= 4 is 10.0 Å². The van der Waals surface area contributed by atoms with Gasteiger partial charge in [0, 0.05) is 17.9 Å². The third-order valence-corrected chi connectivity index (χ3v) is 6.15. The first-order valence-electron chi connectivity index (χ1n) is 7.71. The molecule has 7 heteroatoms. The van der Waals surface area contributed by atoms with Crippen molar-refractivity contribution in [2.75, 3.05) is 0 Å². The number of aliphatic hydroxyl groups excluding tert-OH is 1. The minimum Gasteiger partial charge on any atom is -0.504 e. The summed E-state index contributed by atoms with van der Waals surface area (Å²) in [4.78, 5) is 0.149. The molecule has 6 nitrogen and oxygen atoms in total. The van der Waals surface area contributed by atoms with Gasteiger partial charge in [-0.3, -0.25) is 0 Å². The van der Waals surface area contributed by atoms with Crippen molar-refractivity contribution < 1.29 is 23.4 Å². The minimum atomic E-state index is -3.76. The highest BCUT2D eigenvalue weighted by Gasteiger charge is 2.51. The Balaban J connectivity index is 1.68. The first-order chi connectivity index (χ1) is 11.5. The van der Waals surface area contributed by atoms with Crippen molar-refractivity contribution in [3.8, 4) is 11.5 Å². The van der Waals surface area contributed by atoms with Gasteiger partial charge in [-0.1, -0.05) is 30.3 Å². The molecular formula is C17H17NO5S. The molecule has 0 radical (unpaired) electrons. The lowest BCUT2D eigenvalue weighted by Gasteiger charge is -2.22. The van der Waals surface area contributed by atoms with Crippen LogP contribution in [0.5, 0.6) is 11.5 Å².